The van der Waals surface area contributed by atoms with E-state index < -0.39 is 0 Å². The van der Waals surface area contributed by atoms with Gasteiger partial charge in [0.15, 0.2) is 5.96 Å². The summed E-state index contributed by atoms with van der Waals surface area (Å²) >= 11 is 0. The maximum atomic E-state index is 5.73. The Morgan fingerprint density at radius 1 is 1.17 bits per heavy atom. The normalized spacial score (nSPS) is 15.9. The quantitative estimate of drug-likeness (QED) is 0.204. The molecule has 0 radical (unpaired) electrons. The van der Waals surface area contributed by atoms with Gasteiger partial charge < -0.3 is 25.0 Å². The number of guanidine groups is 1. The molecule has 0 amide bonds. The van der Waals surface area contributed by atoms with E-state index in [2.05, 4.69) is 53.4 Å². The van der Waals surface area contributed by atoms with Gasteiger partial charge in [0, 0.05) is 32.2 Å². The second kappa shape index (κ2) is 15.9. The zero-order valence-electron chi connectivity index (χ0n) is 18.2. The standard InChI is InChI=1S/C22H38N4O2.HI/c1-4-23-22(24-12-16-27-18-20-8-6-5-7-9-20)25-21-10-13-26(14-11-21)15-17-28-19(2)3;/h5-9,19,21H,4,10-18H2,1-3H3,(H2,23,24,25);1H. The third-order valence-corrected chi connectivity index (χ3v) is 4.75. The number of ether oxygens (including phenoxy) is 2. The van der Waals surface area contributed by atoms with Gasteiger partial charge in [0.25, 0.3) is 0 Å². The van der Waals surface area contributed by atoms with Crippen molar-refractivity contribution in [3.05, 3.63) is 35.9 Å². The van der Waals surface area contributed by atoms with E-state index in [4.69, 9.17) is 9.47 Å². The van der Waals surface area contributed by atoms with Gasteiger partial charge >= 0.3 is 0 Å². The van der Waals surface area contributed by atoms with Gasteiger partial charge in [-0.05, 0) is 39.2 Å². The fourth-order valence-electron chi connectivity index (χ4n) is 3.22. The summed E-state index contributed by atoms with van der Waals surface area (Å²) in [6.45, 7) is 13.1. The molecule has 2 rings (SSSR count). The number of piperidine rings is 1. The molecule has 0 aromatic heterocycles. The largest absolute Gasteiger partial charge is 0.377 e. The lowest BCUT2D eigenvalue weighted by atomic mass is 10.1. The van der Waals surface area contributed by atoms with Gasteiger partial charge in [0.05, 0.1) is 32.5 Å². The second-order valence-electron chi connectivity index (χ2n) is 7.48. The predicted molar refractivity (Wildman–Crippen MR) is 131 cm³/mol. The van der Waals surface area contributed by atoms with E-state index in [1.54, 1.807) is 0 Å². The van der Waals surface area contributed by atoms with Crippen LogP contribution in [0.25, 0.3) is 0 Å². The van der Waals surface area contributed by atoms with E-state index in [1.165, 1.54) is 5.56 Å². The first kappa shape index (κ1) is 26.1. The molecule has 1 fully saturated rings. The lowest BCUT2D eigenvalue weighted by molar-refractivity contribution is 0.0532. The summed E-state index contributed by atoms with van der Waals surface area (Å²) in [6, 6.07) is 10.7. The Balaban J connectivity index is 0.00000420. The molecule has 0 spiro atoms. The average Bonchev–Trinajstić information content (AvgIpc) is 2.69. The highest BCUT2D eigenvalue weighted by Crippen LogP contribution is 2.10. The highest BCUT2D eigenvalue weighted by molar-refractivity contribution is 14.0. The molecular formula is C22H39IN4O2. The molecule has 1 aliphatic heterocycles. The first-order valence-electron chi connectivity index (χ1n) is 10.7. The van der Waals surface area contributed by atoms with Crippen molar-refractivity contribution in [2.45, 2.75) is 52.4 Å². The SMILES string of the molecule is CCNC(=NCCOCc1ccccc1)NC1CCN(CCOC(C)C)CC1.I. The third-order valence-electron chi connectivity index (χ3n) is 4.75. The average molecular weight is 518 g/mol. The minimum atomic E-state index is 0. The number of benzene rings is 1. The van der Waals surface area contributed by atoms with Crippen LogP contribution in [-0.4, -0.2) is 68.9 Å². The van der Waals surface area contributed by atoms with E-state index in [-0.39, 0.29) is 24.0 Å². The number of halogens is 1. The minimum Gasteiger partial charge on any atom is -0.377 e. The molecule has 1 aromatic rings. The van der Waals surface area contributed by atoms with Crippen molar-refractivity contribution in [2.24, 2.45) is 4.99 Å². The van der Waals surface area contributed by atoms with Gasteiger partial charge in [0.2, 0.25) is 0 Å². The fraction of sp³-hybridized carbons (Fsp3) is 0.682. The van der Waals surface area contributed by atoms with Gasteiger partial charge in [-0.15, -0.1) is 24.0 Å². The third kappa shape index (κ3) is 11.8. The fourth-order valence-corrected chi connectivity index (χ4v) is 3.22. The maximum absolute atomic E-state index is 5.73. The highest BCUT2D eigenvalue weighted by atomic mass is 127. The summed E-state index contributed by atoms with van der Waals surface area (Å²) in [7, 11) is 0. The van der Waals surface area contributed by atoms with Gasteiger partial charge in [-0.25, -0.2) is 0 Å². The number of hydrogen-bond acceptors (Lipinski definition) is 4. The first-order chi connectivity index (χ1) is 13.7. The van der Waals surface area contributed by atoms with E-state index >= 15 is 0 Å². The van der Waals surface area contributed by atoms with Crippen LogP contribution in [0.5, 0.6) is 0 Å². The van der Waals surface area contributed by atoms with E-state index in [1.807, 2.05) is 18.2 Å². The topological polar surface area (TPSA) is 58.1 Å². The molecule has 1 aliphatic rings. The number of rotatable bonds is 11. The van der Waals surface area contributed by atoms with Crippen molar-refractivity contribution in [3.8, 4) is 0 Å². The molecule has 0 bridgehead atoms. The van der Waals surface area contributed by atoms with Crippen LogP contribution >= 0.6 is 24.0 Å². The molecule has 1 heterocycles. The zero-order chi connectivity index (χ0) is 20.0. The molecule has 1 aromatic carbocycles. The molecule has 166 valence electrons. The Hall–Kier alpha value is -0.900. The van der Waals surface area contributed by atoms with Crippen LogP contribution < -0.4 is 10.6 Å². The van der Waals surface area contributed by atoms with E-state index in [0.717, 1.165) is 51.6 Å². The van der Waals surface area contributed by atoms with Gasteiger partial charge in [-0.1, -0.05) is 30.3 Å². The highest BCUT2D eigenvalue weighted by Gasteiger charge is 2.19. The molecule has 1 saturated heterocycles. The predicted octanol–water partition coefficient (Wildman–Crippen LogP) is 3.27. The van der Waals surface area contributed by atoms with E-state index in [9.17, 15) is 0 Å². The molecule has 7 heteroatoms. The lowest BCUT2D eigenvalue weighted by Crippen LogP contribution is -2.49. The number of nitrogens with one attached hydrogen (secondary N) is 2. The molecule has 0 aliphatic carbocycles. The van der Waals surface area contributed by atoms with Crippen molar-refractivity contribution in [3.63, 3.8) is 0 Å². The van der Waals surface area contributed by atoms with Crippen molar-refractivity contribution < 1.29 is 9.47 Å². The second-order valence-corrected chi connectivity index (χ2v) is 7.48. The zero-order valence-corrected chi connectivity index (χ0v) is 20.6. The van der Waals surface area contributed by atoms with Gasteiger partial charge in [-0.2, -0.15) is 0 Å². The number of likely N-dealkylation sites (tertiary alicyclic amines) is 1. The van der Waals surface area contributed by atoms with Crippen LogP contribution in [0.1, 0.15) is 39.2 Å². The summed E-state index contributed by atoms with van der Waals surface area (Å²) < 4.78 is 11.4. The number of hydrogen-bond donors (Lipinski definition) is 2. The minimum absolute atomic E-state index is 0. The molecule has 2 N–H and O–H groups in total. The number of nitrogens with zero attached hydrogens (tertiary/aromatic N) is 2. The van der Waals surface area contributed by atoms with Crippen LogP contribution in [0.4, 0.5) is 0 Å². The number of aliphatic imine (C=N–C) groups is 1. The van der Waals surface area contributed by atoms with Crippen LogP contribution in [0, 0.1) is 0 Å². The van der Waals surface area contributed by atoms with Gasteiger partial charge in [-0.3, -0.25) is 4.99 Å². The van der Waals surface area contributed by atoms with Gasteiger partial charge in [0.1, 0.15) is 0 Å². The molecule has 0 atom stereocenters. The van der Waals surface area contributed by atoms with Crippen LogP contribution in [0.15, 0.2) is 35.3 Å². The van der Waals surface area contributed by atoms with Crippen LogP contribution in [0.3, 0.4) is 0 Å². The molecular weight excluding hydrogens is 479 g/mol. The molecule has 0 saturated carbocycles. The summed E-state index contributed by atoms with van der Waals surface area (Å²) in [5.41, 5.74) is 1.20. The van der Waals surface area contributed by atoms with Crippen molar-refractivity contribution >= 4 is 29.9 Å². The van der Waals surface area contributed by atoms with Crippen molar-refractivity contribution in [2.75, 3.05) is 45.9 Å². The lowest BCUT2D eigenvalue weighted by Gasteiger charge is -2.33. The first-order valence-corrected chi connectivity index (χ1v) is 10.7. The summed E-state index contributed by atoms with van der Waals surface area (Å²) in [4.78, 5) is 7.15. The Morgan fingerprint density at radius 3 is 2.55 bits per heavy atom. The monoisotopic (exact) mass is 518 g/mol. The van der Waals surface area contributed by atoms with E-state index in [0.29, 0.717) is 31.9 Å². The molecule has 0 unspecified atom stereocenters. The maximum Gasteiger partial charge on any atom is 0.191 e. The summed E-state index contributed by atoms with van der Waals surface area (Å²) in [6.07, 6.45) is 2.59. The summed E-state index contributed by atoms with van der Waals surface area (Å²) in [5, 5.41) is 6.93. The smallest absolute Gasteiger partial charge is 0.191 e. The molecule has 6 nitrogen and oxygen atoms in total. The Bertz CT molecular complexity index is 549. The van der Waals surface area contributed by atoms with Crippen LogP contribution in [-0.2, 0) is 16.1 Å². The Labute approximate surface area is 193 Å². The Morgan fingerprint density at radius 2 is 1.90 bits per heavy atom. The summed E-state index contributed by atoms with van der Waals surface area (Å²) in [5.74, 6) is 0.896. The van der Waals surface area contributed by atoms with Crippen molar-refractivity contribution in [1.29, 1.82) is 0 Å². The van der Waals surface area contributed by atoms with Crippen molar-refractivity contribution in [1.82, 2.24) is 15.5 Å². The molecule has 29 heavy (non-hydrogen) atoms. The van der Waals surface area contributed by atoms with Crippen LogP contribution in [0.2, 0.25) is 0 Å². The Kier molecular flexibility index (Phi) is 14.3.